The summed E-state index contributed by atoms with van der Waals surface area (Å²) in [5.41, 5.74) is 0.140. The Bertz CT molecular complexity index is 776. The lowest BCUT2D eigenvalue weighted by Gasteiger charge is -2.26. The first-order valence-electron chi connectivity index (χ1n) is 8.65. The molecule has 0 saturated carbocycles. The lowest BCUT2D eigenvalue weighted by atomic mass is 10.2. The first kappa shape index (κ1) is 20.7. The van der Waals surface area contributed by atoms with Gasteiger partial charge in [-0.3, -0.25) is 9.59 Å². The average molecular weight is 402 g/mol. The molecule has 26 heavy (non-hydrogen) atoms. The Hall–Kier alpha value is -1.64. The highest BCUT2D eigenvalue weighted by molar-refractivity contribution is 7.89. The summed E-state index contributed by atoms with van der Waals surface area (Å²) < 4.78 is 27.1. The third-order valence-electron chi connectivity index (χ3n) is 4.22. The second-order valence-corrected chi connectivity index (χ2v) is 8.51. The van der Waals surface area contributed by atoms with Gasteiger partial charge in [0.15, 0.2) is 0 Å². The number of amides is 2. The van der Waals surface area contributed by atoms with E-state index in [1.165, 1.54) is 22.5 Å². The molecule has 0 aromatic heterocycles. The summed E-state index contributed by atoms with van der Waals surface area (Å²) in [5, 5.41) is 5.24. The fourth-order valence-electron chi connectivity index (χ4n) is 2.76. The Morgan fingerprint density at radius 2 is 1.88 bits per heavy atom. The lowest BCUT2D eigenvalue weighted by molar-refractivity contribution is -0.122. The number of sulfonamides is 1. The molecular formula is C17H24ClN3O4S. The molecule has 2 rings (SSSR count). The maximum atomic E-state index is 12.8. The van der Waals surface area contributed by atoms with Crippen LogP contribution in [0, 0.1) is 0 Å². The number of hydrogen-bond acceptors (Lipinski definition) is 4. The minimum atomic E-state index is -3.76. The standard InChI is InChI=1S/C17H24ClN3O4S/c1-3-19-16(22)12(2)20-17(23)13-7-8-14(18)15(11-13)26(24,25)21-9-5-4-6-10-21/h7-8,11-12H,3-6,9-10H2,1-2H3,(H,19,22)(H,20,23). The fraction of sp³-hybridized carbons (Fsp3) is 0.529. The molecule has 9 heteroatoms. The van der Waals surface area contributed by atoms with Crippen LogP contribution >= 0.6 is 11.6 Å². The van der Waals surface area contributed by atoms with Crippen molar-refractivity contribution >= 4 is 33.4 Å². The van der Waals surface area contributed by atoms with Gasteiger partial charge < -0.3 is 10.6 Å². The van der Waals surface area contributed by atoms with Crippen LogP contribution in [0.4, 0.5) is 0 Å². The number of benzene rings is 1. The smallest absolute Gasteiger partial charge is 0.251 e. The van der Waals surface area contributed by atoms with Crippen molar-refractivity contribution in [2.24, 2.45) is 0 Å². The zero-order valence-corrected chi connectivity index (χ0v) is 16.5. The second-order valence-electron chi connectivity index (χ2n) is 6.20. The lowest BCUT2D eigenvalue weighted by Crippen LogP contribution is -2.44. The fourth-order valence-corrected chi connectivity index (χ4v) is 4.78. The molecule has 0 aliphatic carbocycles. The summed E-state index contributed by atoms with van der Waals surface area (Å²) in [6, 6.07) is 3.37. The highest BCUT2D eigenvalue weighted by atomic mass is 35.5. The Kier molecular flexibility index (Phi) is 7.02. The molecule has 0 spiro atoms. The summed E-state index contributed by atoms with van der Waals surface area (Å²) in [4.78, 5) is 24.1. The van der Waals surface area contributed by atoms with Gasteiger partial charge in [0.05, 0.1) is 5.02 Å². The third-order valence-corrected chi connectivity index (χ3v) is 6.60. The number of carbonyl (C=O) groups is 2. The SMILES string of the molecule is CCNC(=O)C(C)NC(=O)c1ccc(Cl)c(S(=O)(=O)N2CCCCC2)c1. The number of halogens is 1. The highest BCUT2D eigenvalue weighted by Crippen LogP contribution is 2.27. The number of carbonyl (C=O) groups excluding carboxylic acids is 2. The van der Waals surface area contributed by atoms with E-state index >= 15 is 0 Å². The van der Waals surface area contributed by atoms with Gasteiger partial charge in [0.1, 0.15) is 10.9 Å². The summed E-state index contributed by atoms with van der Waals surface area (Å²) in [7, 11) is -3.76. The van der Waals surface area contributed by atoms with E-state index in [0.29, 0.717) is 19.6 Å². The van der Waals surface area contributed by atoms with E-state index in [1.54, 1.807) is 13.8 Å². The van der Waals surface area contributed by atoms with E-state index in [0.717, 1.165) is 19.3 Å². The van der Waals surface area contributed by atoms with Crippen molar-refractivity contribution in [1.82, 2.24) is 14.9 Å². The van der Waals surface area contributed by atoms with Crippen LogP contribution in [0.25, 0.3) is 0 Å². The number of rotatable bonds is 6. The van der Waals surface area contributed by atoms with Crippen molar-refractivity contribution in [3.63, 3.8) is 0 Å². The predicted octanol–water partition coefficient (Wildman–Crippen LogP) is 1.77. The Morgan fingerprint density at radius 3 is 2.50 bits per heavy atom. The van der Waals surface area contributed by atoms with E-state index < -0.39 is 22.0 Å². The maximum absolute atomic E-state index is 12.8. The molecule has 2 amide bonds. The minimum absolute atomic E-state index is 0.0731. The summed E-state index contributed by atoms with van der Waals surface area (Å²) >= 11 is 6.10. The molecule has 1 saturated heterocycles. The maximum Gasteiger partial charge on any atom is 0.251 e. The third kappa shape index (κ3) is 4.75. The van der Waals surface area contributed by atoms with Crippen LogP contribution in [0.2, 0.25) is 5.02 Å². The topological polar surface area (TPSA) is 95.6 Å². The van der Waals surface area contributed by atoms with Gasteiger partial charge in [0.25, 0.3) is 5.91 Å². The predicted molar refractivity (Wildman–Crippen MR) is 99.7 cm³/mol. The molecule has 1 aromatic rings. The first-order chi connectivity index (χ1) is 12.3. The zero-order chi connectivity index (χ0) is 19.3. The molecule has 1 aromatic carbocycles. The highest BCUT2D eigenvalue weighted by Gasteiger charge is 2.29. The number of piperidine rings is 1. The van der Waals surface area contributed by atoms with Gasteiger partial charge >= 0.3 is 0 Å². The van der Waals surface area contributed by atoms with Crippen molar-refractivity contribution in [2.75, 3.05) is 19.6 Å². The quantitative estimate of drug-likeness (QED) is 0.759. The summed E-state index contributed by atoms with van der Waals surface area (Å²) in [6.07, 6.45) is 2.61. The molecule has 1 aliphatic heterocycles. The van der Waals surface area contributed by atoms with E-state index in [4.69, 9.17) is 11.6 Å². The molecular weight excluding hydrogens is 378 g/mol. The molecule has 0 radical (unpaired) electrons. The Balaban J connectivity index is 2.23. The Morgan fingerprint density at radius 1 is 1.23 bits per heavy atom. The second kappa shape index (κ2) is 8.83. The van der Waals surface area contributed by atoms with Gasteiger partial charge in [0.2, 0.25) is 15.9 Å². The van der Waals surface area contributed by atoms with Gasteiger partial charge in [-0.25, -0.2) is 8.42 Å². The number of hydrogen-bond donors (Lipinski definition) is 2. The van der Waals surface area contributed by atoms with Gasteiger partial charge in [-0.15, -0.1) is 0 Å². The van der Waals surface area contributed by atoms with Gasteiger partial charge in [-0.1, -0.05) is 18.0 Å². The van der Waals surface area contributed by atoms with Crippen LogP contribution < -0.4 is 10.6 Å². The van der Waals surface area contributed by atoms with Crippen LogP contribution in [-0.2, 0) is 14.8 Å². The van der Waals surface area contributed by atoms with Gasteiger partial charge in [-0.2, -0.15) is 4.31 Å². The summed E-state index contributed by atoms with van der Waals surface area (Å²) in [5.74, 6) is -0.841. The van der Waals surface area contributed by atoms with Crippen LogP contribution in [0.5, 0.6) is 0 Å². The molecule has 1 atom stereocenters. The van der Waals surface area contributed by atoms with Gasteiger partial charge in [-0.05, 0) is 44.9 Å². The molecule has 7 nitrogen and oxygen atoms in total. The molecule has 1 heterocycles. The molecule has 2 N–H and O–H groups in total. The number of nitrogens with zero attached hydrogens (tertiary/aromatic N) is 1. The number of likely N-dealkylation sites (N-methyl/N-ethyl adjacent to an activating group) is 1. The van der Waals surface area contributed by atoms with E-state index in [2.05, 4.69) is 10.6 Å². The van der Waals surface area contributed by atoms with Crippen LogP contribution in [0.15, 0.2) is 23.1 Å². The molecule has 1 aliphatic rings. The van der Waals surface area contributed by atoms with Crippen molar-refractivity contribution in [3.8, 4) is 0 Å². The van der Waals surface area contributed by atoms with Crippen molar-refractivity contribution in [1.29, 1.82) is 0 Å². The van der Waals surface area contributed by atoms with E-state index in [1.807, 2.05) is 0 Å². The van der Waals surface area contributed by atoms with Crippen LogP contribution in [0.3, 0.4) is 0 Å². The normalized spacial score (nSPS) is 16.7. The van der Waals surface area contributed by atoms with Crippen molar-refractivity contribution < 1.29 is 18.0 Å². The largest absolute Gasteiger partial charge is 0.355 e. The Labute approximate surface area is 159 Å². The average Bonchev–Trinajstić information content (AvgIpc) is 2.62. The van der Waals surface area contributed by atoms with Crippen LogP contribution in [-0.4, -0.2) is 50.2 Å². The monoisotopic (exact) mass is 401 g/mol. The number of nitrogens with one attached hydrogen (secondary N) is 2. The zero-order valence-electron chi connectivity index (χ0n) is 14.9. The van der Waals surface area contributed by atoms with Gasteiger partial charge in [0, 0.05) is 25.2 Å². The molecule has 144 valence electrons. The van der Waals surface area contributed by atoms with E-state index in [-0.39, 0.29) is 21.4 Å². The van der Waals surface area contributed by atoms with Crippen LogP contribution in [0.1, 0.15) is 43.5 Å². The van der Waals surface area contributed by atoms with Crippen molar-refractivity contribution in [2.45, 2.75) is 44.0 Å². The molecule has 0 bridgehead atoms. The molecule has 1 fully saturated rings. The summed E-state index contributed by atoms with van der Waals surface area (Å²) in [6.45, 7) is 4.69. The van der Waals surface area contributed by atoms with E-state index in [9.17, 15) is 18.0 Å². The van der Waals surface area contributed by atoms with Crippen molar-refractivity contribution in [3.05, 3.63) is 28.8 Å². The minimum Gasteiger partial charge on any atom is -0.355 e. The molecule has 1 unspecified atom stereocenters. The first-order valence-corrected chi connectivity index (χ1v) is 10.5.